The summed E-state index contributed by atoms with van der Waals surface area (Å²) in [5.41, 5.74) is 0.536. The van der Waals surface area contributed by atoms with Gasteiger partial charge in [0.05, 0.1) is 0 Å². The first-order chi connectivity index (χ1) is 9.45. The minimum absolute atomic E-state index is 0.00614. The molecule has 0 saturated carbocycles. The summed E-state index contributed by atoms with van der Waals surface area (Å²) in [7, 11) is 3.18. The predicted octanol–water partition coefficient (Wildman–Crippen LogP) is 3.21. The number of aromatic nitrogens is 2. The van der Waals surface area contributed by atoms with Crippen LogP contribution in [0.2, 0.25) is 0 Å². The number of benzene rings is 1. The van der Waals surface area contributed by atoms with Crippen molar-refractivity contribution < 1.29 is 17.9 Å². The van der Waals surface area contributed by atoms with Gasteiger partial charge in [-0.2, -0.15) is 13.2 Å². The van der Waals surface area contributed by atoms with Gasteiger partial charge in [0.25, 0.3) is 0 Å². The number of methoxy groups -OCH3 is 1. The molecule has 0 aliphatic carbocycles. The molecule has 0 bridgehead atoms. The molecule has 0 aliphatic heterocycles. The minimum Gasteiger partial charge on any atom is -0.388 e. The van der Waals surface area contributed by atoms with Gasteiger partial charge in [-0.3, -0.25) is 0 Å². The number of alkyl halides is 3. The van der Waals surface area contributed by atoms with Crippen LogP contribution in [0.25, 0.3) is 11.4 Å². The number of halogens is 3. The van der Waals surface area contributed by atoms with Crippen molar-refractivity contribution in [3.63, 3.8) is 0 Å². The predicted molar refractivity (Wildman–Crippen MR) is 69.2 cm³/mol. The van der Waals surface area contributed by atoms with E-state index < -0.39 is 11.9 Å². The highest BCUT2D eigenvalue weighted by Crippen LogP contribution is 2.31. The molecule has 0 fully saturated rings. The smallest absolute Gasteiger partial charge is 0.388 e. The van der Waals surface area contributed by atoms with E-state index in [1.54, 1.807) is 31.3 Å². The van der Waals surface area contributed by atoms with Crippen molar-refractivity contribution in [2.45, 2.75) is 12.9 Å². The zero-order valence-corrected chi connectivity index (χ0v) is 11.0. The SMILES string of the molecule is CNc1ccc(-c2nc(C(F)(F)F)cn2COC)cc1. The fourth-order valence-electron chi connectivity index (χ4n) is 1.81. The molecule has 0 saturated heterocycles. The van der Waals surface area contributed by atoms with Crippen molar-refractivity contribution in [3.05, 3.63) is 36.2 Å². The van der Waals surface area contributed by atoms with Crippen LogP contribution < -0.4 is 5.32 Å². The van der Waals surface area contributed by atoms with Crippen molar-refractivity contribution >= 4 is 5.69 Å². The van der Waals surface area contributed by atoms with Gasteiger partial charge in [-0.1, -0.05) is 0 Å². The summed E-state index contributed by atoms with van der Waals surface area (Å²) < 4.78 is 44.4. The van der Waals surface area contributed by atoms with Crippen LogP contribution in [0.15, 0.2) is 30.5 Å². The Kier molecular flexibility index (Phi) is 3.99. The topological polar surface area (TPSA) is 39.1 Å². The molecule has 0 radical (unpaired) electrons. The van der Waals surface area contributed by atoms with Crippen LogP contribution in [0.1, 0.15) is 5.69 Å². The van der Waals surface area contributed by atoms with Gasteiger partial charge in [-0.05, 0) is 24.3 Å². The van der Waals surface area contributed by atoms with E-state index in [0.717, 1.165) is 11.9 Å². The van der Waals surface area contributed by atoms with Gasteiger partial charge >= 0.3 is 6.18 Å². The van der Waals surface area contributed by atoms with Crippen molar-refractivity contribution in [3.8, 4) is 11.4 Å². The van der Waals surface area contributed by atoms with Crippen LogP contribution in [0.4, 0.5) is 18.9 Å². The molecule has 0 aliphatic rings. The second-order valence-electron chi connectivity index (χ2n) is 4.16. The van der Waals surface area contributed by atoms with Crippen LogP contribution >= 0.6 is 0 Å². The van der Waals surface area contributed by atoms with Gasteiger partial charge in [-0.15, -0.1) is 0 Å². The largest absolute Gasteiger partial charge is 0.434 e. The van der Waals surface area contributed by atoms with Crippen LogP contribution in [0, 0.1) is 0 Å². The third-order valence-electron chi connectivity index (χ3n) is 2.77. The standard InChI is InChI=1S/C13H14F3N3O/c1-17-10-5-3-9(4-6-10)12-18-11(13(14,15)16)7-19(12)8-20-2/h3-7,17H,8H2,1-2H3. The highest BCUT2D eigenvalue weighted by Gasteiger charge is 2.34. The van der Waals surface area contributed by atoms with Gasteiger partial charge in [0.1, 0.15) is 12.6 Å². The number of hydrogen-bond acceptors (Lipinski definition) is 3. The van der Waals surface area contributed by atoms with Crippen molar-refractivity contribution in [1.82, 2.24) is 9.55 Å². The summed E-state index contributed by atoms with van der Waals surface area (Å²) in [5, 5.41) is 2.94. The second-order valence-corrected chi connectivity index (χ2v) is 4.16. The van der Waals surface area contributed by atoms with Crippen LogP contribution in [-0.4, -0.2) is 23.7 Å². The van der Waals surface area contributed by atoms with E-state index in [1.165, 1.54) is 11.7 Å². The Labute approximate surface area is 114 Å². The van der Waals surface area contributed by atoms with E-state index in [0.29, 0.717) is 5.56 Å². The van der Waals surface area contributed by atoms with Gasteiger partial charge < -0.3 is 14.6 Å². The lowest BCUT2D eigenvalue weighted by Crippen LogP contribution is -2.05. The van der Waals surface area contributed by atoms with Crippen LogP contribution in [0.5, 0.6) is 0 Å². The van der Waals surface area contributed by atoms with E-state index >= 15 is 0 Å². The summed E-state index contributed by atoms with van der Waals surface area (Å²) in [6.45, 7) is 0.00614. The van der Waals surface area contributed by atoms with Gasteiger partial charge in [0.15, 0.2) is 5.69 Å². The summed E-state index contributed by atoms with van der Waals surface area (Å²) in [6, 6.07) is 6.96. The molecule has 0 atom stereocenters. The number of anilines is 1. The lowest BCUT2D eigenvalue weighted by Gasteiger charge is -2.07. The first kappa shape index (κ1) is 14.4. The number of nitrogens with one attached hydrogen (secondary N) is 1. The van der Waals surface area contributed by atoms with E-state index in [9.17, 15) is 13.2 Å². The fourth-order valence-corrected chi connectivity index (χ4v) is 1.81. The Morgan fingerprint density at radius 1 is 1.25 bits per heavy atom. The summed E-state index contributed by atoms with van der Waals surface area (Å²) in [6.07, 6.45) is -3.52. The van der Waals surface area contributed by atoms with Crippen molar-refractivity contribution in [2.24, 2.45) is 0 Å². The summed E-state index contributed by atoms with van der Waals surface area (Å²) >= 11 is 0. The number of hydrogen-bond donors (Lipinski definition) is 1. The molecule has 7 heteroatoms. The molecule has 4 nitrogen and oxygen atoms in total. The maximum atomic E-state index is 12.7. The summed E-state index contributed by atoms with van der Waals surface area (Å²) in [5.74, 6) is 0.224. The average molecular weight is 285 g/mol. The lowest BCUT2D eigenvalue weighted by atomic mass is 10.2. The summed E-state index contributed by atoms with van der Waals surface area (Å²) in [4.78, 5) is 3.66. The molecule has 1 heterocycles. The Morgan fingerprint density at radius 3 is 2.40 bits per heavy atom. The molecule has 108 valence electrons. The lowest BCUT2D eigenvalue weighted by molar-refractivity contribution is -0.141. The average Bonchev–Trinajstić information content (AvgIpc) is 2.83. The molecule has 2 rings (SSSR count). The molecule has 0 unspecified atom stereocenters. The number of imidazole rings is 1. The third kappa shape index (κ3) is 2.93. The van der Waals surface area contributed by atoms with Gasteiger partial charge in [-0.25, -0.2) is 4.98 Å². The molecule has 1 aromatic heterocycles. The highest BCUT2D eigenvalue weighted by atomic mass is 19.4. The normalized spacial score (nSPS) is 11.7. The molecule has 20 heavy (non-hydrogen) atoms. The molecular weight excluding hydrogens is 271 g/mol. The van der Waals surface area contributed by atoms with E-state index in [2.05, 4.69) is 10.3 Å². The number of rotatable bonds is 4. The molecule has 0 spiro atoms. The maximum Gasteiger partial charge on any atom is 0.434 e. The first-order valence-corrected chi connectivity index (χ1v) is 5.87. The van der Waals surface area contributed by atoms with Crippen molar-refractivity contribution in [1.29, 1.82) is 0 Å². The van der Waals surface area contributed by atoms with E-state index in [-0.39, 0.29) is 12.6 Å². The van der Waals surface area contributed by atoms with Crippen LogP contribution in [-0.2, 0) is 17.6 Å². The number of nitrogens with zero attached hydrogens (tertiary/aromatic N) is 2. The first-order valence-electron chi connectivity index (χ1n) is 5.87. The fraction of sp³-hybridized carbons (Fsp3) is 0.308. The zero-order valence-electron chi connectivity index (χ0n) is 11.0. The maximum absolute atomic E-state index is 12.7. The molecule has 0 amide bonds. The molecule has 1 N–H and O–H groups in total. The second kappa shape index (κ2) is 5.54. The Hall–Kier alpha value is -2.02. The minimum atomic E-state index is -4.47. The number of ether oxygens (including phenoxy) is 1. The third-order valence-corrected chi connectivity index (χ3v) is 2.77. The molecule has 2 aromatic rings. The Balaban J connectivity index is 2.44. The van der Waals surface area contributed by atoms with E-state index in [4.69, 9.17) is 4.74 Å². The Morgan fingerprint density at radius 2 is 1.90 bits per heavy atom. The zero-order chi connectivity index (χ0) is 14.8. The Bertz CT molecular complexity index is 576. The molecular formula is C13H14F3N3O. The van der Waals surface area contributed by atoms with Gasteiger partial charge in [0.2, 0.25) is 0 Å². The van der Waals surface area contributed by atoms with Crippen molar-refractivity contribution in [2.75, 3.05) is 19.5 Å². The van der Waals surface area contributed by atoms with Gasteiger partial charge in [0, 0.05) is 31.6 Å². The highest BCUT2D eigenvalue weighted by molar-refractivity contribution is 5.60. The monoisotopic (exact) mass is 285 g/mol. The van der Waals surface area contributed by atoms with E-state index in [1.807, 2.05) is 0 Å². The molecule has 1 aromatic carbocycles. The quantitative estimate of drug-likeness (QED) is 0.937. The van der Waals surface area contributed by atoms with Crippen LogP contribution in [0.3, 0.4) is 0 Å².